The molecule has 100 valence electrons. The van der Waals surface area contributed by atoms with Crippen LogP contribution in [0.15, 0.2) is 17.3 Å². The van der Waals surface area contributed by atoms with Crippen molar-refractivity contribution >= 4 is 21.9 Å². The van der Waals surface area contributed by atoms with Crippen LogP contribution in [0.3, 0.4) is 0 Å². The van der Waals surface area contributed by atoms with Crippen LogP contribution in [0.25, 0.3) is 0 Å². The van der Waals surface area contributed by atoms with Crippen molar-refractivity contribution in [3.05, 3.63) is 12.4 Å². The Hall–Kier alpha value is -1.74. The van der Waals surface area contributed by atoms with E-state index in [1.807, 2.05) is 6.92 Å². The molecule has 18 heavy (non-hydrogen) atoms. The van der Waals surface area contributed by atoms with Crippen LogP contribution in [0, 0.1) is 0 Å². The molecule has 1 atom stereocenters. The fourth-order valence-electron chi connectivity index (χ4n) is 1.06. The van der Waals surface area contributed by atoms with E-state index >= 15 is 0 Å². The summed E-state index contributed by atoms with van der Waals surface area (Å²) in [6.45, 7) is 3.85. The molecule has 1 aromatic rings. The molecule has 8 nitrogen and oxygen atoms in total. The van der Waals surface area contributed by atoms with Crippen molar-refractivity contribution in [2.45, 2.75) is 24.8 Å². The number of rotatable bonds is 6. The van der Waals surface area contributed by atoms with Crippen LogP contribution in [0.2, 0.25) is 0 Å². The standard InChI is InChI=1S/C9H15N5O3S/c1-3-11-9-12-4-7(5-13-9)18(16,17)14-6(2)8(10)15/h4-6,14H,3H2,1-2H3,(H2,10,15)(H,11,12,13). The minimum absolute atomic E-state index is 0.128. The Morgan fingerprint density at radius 3 is 2.44 bits per heavy atom. The number of anilines is 1. The lowest BCUT2D eigenvalue weighted by Gasteiger charge is -2.10. The number of hydrogen-bond donors (Lipinski definition) is 3. The molecule has 1 rings (SSSR count). The monoisotopic (exact) mass is 273 g/mol. The average molecular weight is 273 g/mol. The average Bonchev–Trinajstić information content (AvgIpc) is 2.29. The summed E-state index contributed by atoms with van der Waals surface area (Å²) in [5, 5.41) is 2.83. The fraction of sp³-hybridized carbons (Fsp3) is 0.444. The van der Waals surface area contributed by atoms with Gasteiger partial charge in [-0.1, -0.05) is 0 Å². The lowest BCUT2D eigenvalue weighted by atomic mass is 10.4. The first-order valence-corrected chi connectivity index (χ1v) is 6.72. The second-order valence-corrected chi connectivity index (χ2v) is 5.23. The zero-order valence-electron chi connectivity index (χ0n) is 10.0. The Bertz CT molecular complexity index is 514. The quantitative estimate of drug-likeness (QED) is 0.614. The highest BCUT2D eigenvalue weighted by molar-refractivity contribution is 7.89. The first-order valence-electron chi connectivity index (χ1n) is 5.24. The molecular formula is C9H15N5O3S. The molecule has 9 heteroatoms. The molecule has 0 saturated heterocycles. The highest BCUT2D eigenvalue weighted by Crippen LogP contribution is 2.07. The summed E-state index contributed by atoms with van der Waals surface area (Å²) < 4.78 is 25.7. The van der Waals surface area contributed by atoms with Gasteiger partial charge in [0.25, 0.3) is 0 Å². The number of carbonyl (C=O) groups is 1. The number of primary amides is 1. The normalized spacial score (nSPS) is 13.0. The molecule has 4 N–H and O–H groups in total. The Kier molecular flexibility index (Phi) is 4.56. The van der Waals surface area contributed by atoms with Gasteiger partial charge < -0.3 is 11.1 Å². The Morgan fingerprint density at radius 1 is 1.44 bits per heavy atom. The molecule has 1 aromatic heterocycles. The third kappa shape index (κ3) is 3.64. The largest absolute Gasteiger partial charge is 0.368 e. The van der Waals surface area contributed by atoms with Gasteiger partial charge in [0.05, 0.1) is 18.4 Å². The fourth-order valence-corrected chi connectivity index (χ4v) is 2.16. The molecule has 0 fully saturated rings. The lowest BCUT2D eigenvalue weighted by molar-refractivity contribution is -0.119. The predicted octanol–water partition coefficient (Wildman–Crippen LogP) is -0.939. The minimum Gasteiger partial charge on any atom is -0.368 e. The summed E-state index contributed by atoms with van der Waals surface area (Å²) in [5.41, 5.74) is 4.98. The number of nitrogens with two attached hydrogens (primary N) is 1. The molecule has 0 radical (unpaired) electrons. The highest BCUT2D eigenvalue weighted by Gasteiger charge is 2.20. The highest BCUT2D eigenvalue weighted by atomic mass is 32.2. The molecule has 0 saturated carbocycles. The molecular weight excluding hydrogens is 258 g/mol. The van der Waals surface area contributed by atoms with Gasteiger partial charge in [0.2, 0.25) is 21.9 Å². The van der Waals surface area contributed by atoms with Gasteiger partial charge in [-0.15, -0.1) is 0 Å². The van der Waals surface area contributed by atoms with E-state index in [9.17, 15) is 13.2 Å². The Labute approximate surface area is 105 Å². The van der Waals surface area contributed by atoms with Gasteiger partial charge in [0.1, 0.15) is 4.90 Å². The number of amides is 1. The molecule has 0 spiro atoms. The van der Waals surface area contributed by atoms with Gasteiger partial charge in [-0.05, 0) is 13.8 Å². The summed E-state index contributed by atoms with van der Waals surface area (Å²) in [6.07, 6.45) is 2.31. The van der Waals surface area contributed by atoms with Crippen molar-refractivity contribution in [3.63, 3.8) is 0 Å². The van der Waals surface area contributed by atoms with Gasteiger partial charge in [0, 0.05) is 6.54 Å². The summed E-state index contributed by atoms with van der Waals surface area (Å²) in [5.74, 6) is -0.428. The maximum atomic E-state index is 11.8. The third-order valence-electron chi connectivity index (χ3n) is 2.03. The van der Waals surface area contributed by atoms with Gasteiger partial charge in [-0.3, -0.25) is 4.79 Å². The van der Waals surface area contributed by atoms with Crippen molar-refractivity contribution in [1.82, 2.24) is 14.7 Å². The van der Waals surface area contributed by atoms with E-state index in [1.54, 1.807) is 0 Å². The number of aromatic nitrogens is 2. The van der Waals surface area contributed by atoms with E-state index in [2.05, 4.69) is 20.0 Å². The van der Waals surface area contributed by atoms with Crippen molar-refractivity contribution < 1.29 is 13.2 Å². The van der Waals surface area contributed by atoms with Gasteiger partial charge in [0.15, 0.2) is 0 Å². The number of hydrogen-bond acceptors (Lipinski definition) is 6. The van der Waals surface area contributed by atoms with Crippen LogP contribution in [-0.2, 0) is 14.8 Å². The van der Waals surface area contributed by atoms with Crippen LogP contribution in [-0.4, -0.2) is 36.9 Å². The number of nitrogens with one attached hydrogen (secondary N) is 2. The van der Waals surface area contributed by atoms with E-state index in [4.69, 9.17) is 5.73 Å². The number of sulfonamides is 1. The number of carbonyl (C=O) groups excluding carboxylic acids is 1. The smallest absolute Gasteiger partial charge is 0.244 e. The summed E-state index contributed by atoms with van der Waals surface area (Å²) in [7, 11) is -3.84. The van der Waals surface area contributed by atoms with Crippen molar-refractivity contribution in [3.8, 4) is 0 Å². The number of nitrogens with zero attached hydrogens (tertiary/aromatic N) is 2. The molecule has 1 unspecified atom stereocenters. The molecule has 0 bridgehead atoms. The minimum atomic E-state index is -3.84. The Balaban J connectivity index is 2.88. The first kappa shape index (κ1) is 14.3. The van der Waals surface area contributed by atoms with Gasteiger partial charge >= 0.3 is 0 Å². The Morgan fingerprint density at radius 2 is 2.00 bits per heavy atom. The lowest BCUT2D eigenvalue weighted by Crippen LogP contribution is -2.42. The van der Waals surface area contributed by atoms with Crippen LogP contribution in [0.5, 0.6) is 0 Å². The van der Waals surface area contributed by atoms with Gasteiger partial charge in [-0.25, -0.2) is 18.4 Å². The first-order chi connectivity index (χ1) is 8.36. The van der Waals surface area contributed by atoms with Crippen LogP contribution >= 0.6 is 0 Å². The molecule has 0 aliphatic rings. The van der Waals surface area contributed by atoms with E-state index in [0.717, 1.165) is 12.4 Å². The second-order valence-electron chi connectivity index (χ2n) is 3.52. The van der Waals surface area contributed by atoms with E-state index in [0.29, 0.717) is 12.5 Å². The van der Waals surface area contributed by atoms with Crippen molar-refractivity contribution in [2.75, 3.05) is 11.9 Å². The van der Waals surface area contributed by atoms with E-state index < -0.39 is 22.0 Å². The van der Waals surface area contributed by atoms with E-state index in [-0.39, 0.29) is 4.90 Å². The van der Waals surface area contributed by atoms with Crippen LogP contribution in [0.1, 0.15) is 13.8 Å². The molecule has 0 aliphatic heterocycles. The topological polar surface area (TPSA) is 127 Å². The SMILES string of the molecule is CCNc1ncc(S(=O)(=O)NC(C)C(N)=O)cn1. The maximum absolute atomic E-state index is 11.8. The van der Waals surface area contributed by atoms with Gasteiger partial charge in [-0.2, -0.15) is 4.72 Å². The summed E-state index contributed by atoms with van der Waals surface area (Å²) in [6, 6.07) is -0.997. The van der Waals surface area contributed by atoms with Crippen LogP contribution in [0.4, 0.5) is 5.95 Å². The summed E-state index contributed by atoms with van der Waals surface area (Å²) >= 11 is 0. The molecule has 1 amide bonds. The predicted molar refractivity (Wildman–Crippen MR) is 65.2 cm³/mol. The molecule has 0 aliphatic carbocycles. The van der Waals surface area contributed by atoms with E-state index in [1.165, 1.54) is 6.92 Å². The van der Waals surface area contributed by atoms with Crippen LogP contribution < -0.4 is 15.8 Å². The second kappa shape index (κ2) is 5.74. The van der Waals surface area contributed by atoms with Crippen molar-refractivity contribution in [2.24, 2.45) is 5.73 Å². The maximum Gasteiger partial charge on any atom is 0.244 e. The zero-order valence-corrected chi connectivity index (χ0v) is 10.9. The summed E-state index contributed by atoms with van der Waals surface area (Å²) in [4.78, 5) is 18.3. The zero-order chi connectivity index (χ0) is 13.8. The molecule has 1 heterocycles. The van der Waals surface area contributed by atoms with Crippen molar-refractivity contribution in [1.29, 1.82) is 0 Å². The third-order valence-corrected chi connectivity index (χ3v) is 3.53. The molecule has 0 aromatic carbocycles.